The zero-order chi connectivity index (χ0) is 23.1. The SMILES string of the molecule is Cc1nn(C)c(C)c1-c1c(C#N)cccc1C(=O)c1nc2nc(N3CCNCC3)ccc2[nH]1. The number of H-pyrrole nitrogens is 1. The highest BCUT2D eigenvalue weighted by molar-refractivity contribution is 6.12. The Labute approximate surface area is 191 Å². The van der Waals surface area contributed by atoms with Gasteiger partial charge in [0.2, 0.25) is 5.78 Å². The maximum absolute atomic E-state index is 13.6. The van der Waals surface area contributed by atoms with Crippen molar-refractivity contribution in [2.45, 2.75) is 13.8 Å². The van der Waals surface area contributed by atoms with Crippen LogP contribution in [-0.4, -0.2) is 56.7 Å². The summed E-state index contributed by atoms with van der Waals surface area (Å²) in [6, 6.07) is 11.3. The summed E-state index contributed by atoms with van der Waals surface area (Å²) >= 11 is 0. The molecule has 3 aromatic heterocycles. The summed E-state index contributed by atoms with van der Waals surface area (Å²) in [4.78, 5) is 28.1. The molecule has 0 saturated carbocycles. The number of pyridine rings is 1. The Morgan fingerprint density at radius 2 is 1.88 bits per heavy atom. The lowest BCUT2D eigenvalue weighted by atomic mass is 9.91. The molecule has 2 N–H and O–H groups in total. The normalized spacial score (nSPS) is 13.9. The summed E-state index contributed by atoms with van der Waals surface area (Å²) in [6.07, 6.45) is 0. The Morgan fingerprint density at radius 1 is 1.09 bits per heavy atom. The van der Waals surface area contributed by atoms with Gasteiger partial charge in [-0.3, -0.25) is 9.48 Å². The first kappa shape index (κ1) is 20.8. The number of nitrogens with zero attached hydrogens (tertiary/aromatic N) is 6. The van der Waals surface area contributed by atoms with E-state index < -0.39 is 0 Å². The van der Waals surface area contributed by atoms with Crippen LogP contribution in [0.3, 0.4) is 0 Å². The highest BCUT2D eigenvalue weighted by atomic mass is 16.1. The van der Waals surface area contributed by atoms with Gasteiger partial charge in [-0.25, -0.2) is 9.97 Å². The standard InChI is InChI=1S/C24H24N8O/c1-14-20(15(2)31(3)30-14)21-16(13-25)5-4-6-17(21)22(33)24-27-18-7-8-19(28-23(18)29-24)32-11-9-26-10-12-32/h4-8,26H,9-12H2,1-3H3,(H,27,28,29). The molecule has 1 aliphatic heterocycles. The van der Waals surface area contributed by atoms with E-state index in [1.807, 2.05) is 33.0 Å². The van der Waals surface area contributed by atoms with Gasteiger partial charge in [-0.2, -0.15) is 10.4 Å². The molecule has 0 aliphatic carbocycles. The maximum Gasteiger partial charge on any atom is 0.229 e. The maximum atomic E-state index is 13.6. The van der Waals surface area contributed by atoms with Gasteiger partial charge in [0, 0.05) is 55.6 Å². The molecule has 33 heavy (non-hydrogen) atoms. The van der Waals surface area contributed by atoms with Gasteiger partial charge in [0.05, 0.1) is 22.8 Å². The topological polar surface area (TPSA) is 116 Å². The number of aromatic amines is 1. The molecule has 0 bridgehead atoms. The van der Waals surface area contributed by atoms with Gasteiger partial charge in [-0.15, -0.1) is 0 Å². The predicted octanol–water partition coefficient (Wildman–Crippen LogP) is 2.49. The van der Waals surface area contributed by atoms with Gasteiger partial charge in [-0.05, 0) is 32.0 Å². The first-order valence-electron chi connectivity index (χ1n) is 10.9. The third kappa shape index (κ3) is 3.54. The van der Waals surface area contributed by atoms with Crippen molar-refractivity contribution in [3.05, 3.63) is 58.7 Å². The number of nitrogens with one attached hydrogen (secondary N) is 2. The Bertz CT molecular complexity index is 1420. The average molecular weight is 441 g/mol. The number of aromatic nitrogens is 5. The number of carbonyl (C=O) groups is 1. The van der Waals surface area contributed by atoms with E-state index >= 15 is 0 Å². The highest BCUT2D eigenvalue weighted by Gasteiger charge is 2.25. The van der Waals surface area contributed by atoms with Gasteiger partial charge in [0.1, 0.15) is 5.82 Å². The monoisotopic (exact) mass is 440 g/mol. The van der Waals surface area contributed by atoms with Gasteiger partial charge in [0.25, 0.3) is 0 Å². The second kappa shape index (κ2) is 8.15. The van der Waals surface area contributed by atoms with Gasteiger partial charge < -0.3 is 15.2 Å². The number of piperazine rings is 1. The fourth-order valence-electron chi connectivity index (χ4n) is 4.43. The molecule has 5 rings (SSSR count). The van der Waals surface area contributed by atoms with E-state index in [0.717, 1.165) is 48.9 Å². The third-order valence-corrected chi connectivity index (χ3v) is 6.18. The number of hydrogen-bond acceptors (Lipinski definition) is 7. The van der Waals surface area contributed by atoms with E-state index in [2.05, 4.69) is 36.3 Å². The smallest absolute Gasteiger partial charge is 0.229 e. The summed E-state index contributed by atoms with van der Waals surface area (Å²) in [5, 5.41) is 17.6. The van der Waals surface area contributed by atoms with Gasteiger partial charge >= 0.3 is 0 Å². The van der Waals surface area contributed by atoms with Crippen molar-refractivity contribution in [3.63, 3.8) is 0 Å². The van der Waals surface area contributed by atoms with Gasteiger partial charge in [-0.1, -0.05) is 12.1 Å². The van der Waals surface area contributed by atoms with Gasteiger partial charge in [0.15, 0.2) is 11.5 Å². The van der Waals surface area contributed by atoms with Crippen molar-refractivity contribution in [2.24, 2.45) is 7.05 Å². The molecule has 1 aromatic carbocycles. The van der Waals surface area contributed by atoms with Crippen molar-refractivity contribution in [3.8, 4) is 17.2 Å². The van der Waals surface area contributed by atoms with E-state index in [0.29, 0.717) is 27.9 Å². The number of rotatable bonds is 4. The third-order valence-electron chi connectivity index (χ3n) is 6.18. The quantitative estimate of drug-likeness (QED) is 0.469. The number of hydrogen-bond donors (Lipinski definition) is 2. The largest absolute Gasteiger partial charge is 0.354 e. The summed E-state index contributed by atoms with van der Waals surface area (Å²) in [6.45, 7) is 7.39. The number of imidazole rings is 1. The van der Waals surface area contributed by atoms with Crippen LogP contribution in [0.1, 0.15) is 33.1 Å². The summed E-state index contributed by atoms with van der Waals surface area (Å²) < 4.78 is 1.76. The predicted molar refractivity (Wildman–Crippen MR) is 125 cm³/mol. The summed E-state index contributed by atoms with van der Waals surface area (Å²) in [5.74, 6) is 0.764. The average Bonchev–Trinajstić information content (AvgIpc) is 3.38. The minimum atomic E-state index is -0.286. The number of nitriles is 1. The van der Waals surface area contributed by atoms with E-state index in [9.17, 15) is 10.1 Å². The molecule has 4 aromatic rings. The molecule has 0 radical (unpaired) electrons. The lowest BCUT2D eigenvalue weighted by Gasteiger charge is -2.28. The van der Waals surface area contributed by atoms with Crippen molar-refractivity contribution >= 4 is 22.8 Å². The van der Waals surface area contributed by atoms with Crippen LogP contribution in [0.2, 0.25) is 0 Å². The molecule has 1 aliphatic rings. The molecule has 0 unspecified atom stereocenters. The Kier molecular flexibility index (Phi) is 5.15. The Morgan fingerprint density at radius 3 is 2.58 bits per heavy atom. The van der Waals surface area contributed by atoms with Crippen LogP contribution in [-0.2, 0) is 7.05 Å². The molecule has 9 heteroatoms. The summed E-state index contributed by atoms with van der Waals surface area (Å²) in [5.41, 5.74) is 5.07. The van der Waals surface area contributed by atoms with E-state index in [4.69, 9.17) is 0 Å². The minimum Gasteiger partial charge on any atom is -0.354 e. The van der Waals surface area contributed by atoms with Crippen LogP contribution in [0.5, 0.6) is 0 Å². The first-order chi connectivity index (χ1) is 16.0. The number of benzene rings is 1. The van der Waals surface area contributed by atoms with Crippen LogP contribution in [0.15, 0.2) is 30.3 Å². The van der Waals surface area contributed by atoms with Crippen molar-refractivity contribution in [2.75, 3.05) is 31.1 Å². The van der Waals surface area contributed by atoms with Crippen LogP contribution < -0.4 is 10.2 Å². The van der Waals surface area contributed by atoms with Crippen LogP contribution in [0, 0.1) is 25.2 Å². The number of carbonyl (C=O) groups excluding carboxylic acids is 1. The van der Waals surface area contributed by atoms with E-state index in [-0.39, 0.29) is 11.6 Å². The summed E-state index contributed by atoms with van der Waals surface area (Å²) in [7, 11) is 1.85. The lowest BCUT2D eigenvalue weighted by molar-refractivity contribution is 0.103. The van der Waals surface area contributed by atoms with Crippen molar-refractivity contribution in [1.29, 1.82) is 5.26 Å². The molecule has 4 heterocycles. The second-order valence-electron chi connectivity index (χ2n) is 8.20. The number of ketones is 1. The molecule has 0 spiro atoms. The van der Waals surface area contributed by atoms with Crippen LogP contribution in [0.4, 0.5) is 5.82 Å². The molecule has 0 atom stereocenters. The molecule has 9 nitrogen and oxygen atoms in total. The number of aryl methyl sites for hydroxylation is 2. The molecular weight excluding hydrogens is 416 g/mol. The minimum absolute atomic E-state index is 0.200. The number of fused-ring (bicyclic) bond motifs is 1. The molecule has 1 fully saturated rings. The molecule has 0 amide bonds. The molecular formula is C24H24N8O. The Hall–Kier alpha value is -4.03. The first-order valence-corrected chi connectivity index (χ1v) is 10.9. The van der Waals surface area contributed by atoms with Crippen LogP contribution in [0.25, 0.3) is 22.3 Å². The van der Waals surface area contributed by atoms with E-state index in [1.165, 1.54) is 0 Å². The zero-order valence-electron chi connectivity index (χ0n) is 18.8. The second-order valence-corrected chi connectivity index (χ2v) is 8.20. The van der Waals surface area contributed by atoms with Crippen molar-refractivity contribution < 1.29 is 4.79 Å². The fraction of sp³-hybridized carbons (Fsp3) is 0.292. The molecule has 166 valence electrons. The molecule has 1 saturated heterocycles. The van der Waals surface area contributed by atoms with Crippen molar-refractivity contribution in [1.82, 2.24) is 30.0 Å². The van der Waals surface area contributed by atoms with E-state index in [1.54, 1.807) is 22.9 Å². The number of anilines is 1. The Balaban J connectivity index is 1.59. The zero-order valence-corrected chi connectivity index (χ0v) is 18.8. The lowest BCUT2D eigenvalue weighted by Crippen LogP contribution is -2.43. The fourth-order valence-corrected chi connectivity index (χ4v) is 4.43. The highest BCUT2D eigenvalue weighted by Crippen LogP contribution is 2.34. The van der Waals surface area contributed by atoms with Crippen LogP contribution >= 0.6 is 0 Å².